The van der Waals surface area contributed by atoms with E-state index in [9.17, 15) is 0 Å². The van der Waals surface area contributed by atoms with Crippen molar-refractivity contribution >= 4 is 11.3 Å². The molecule has 1 saturated carbocycles. The van der Waals surface area contributed by atoms with E-state index in [1.807, 2.05) is 11.3 Å². The van der Waals surface area contributed by atoms with Gasteiger partial charge in [-0.05, 0) is 38.8 Å². The van der Waals surface area contributed by atoms with Gasteiger partial charge in [0, 0.05) is 17.3 Å². The first-order valence-electron chi connectivity index (χ1n) is 7.27. The Morgan fingerprint density at radius 1 is 1.17 bits per heavy atom. The summed E-state index contributed by atoms with van der Waals surface area (Å²) in [4.78, 5) is 8.77. The highest BCUT2D eigenvalue weighted by Crippen LogP contribution is 2.42. The smallest absolute Gasteiger partial charge is 0.107 e. The van der Waals surface area contributed by atoms with Crippen molar-refractivity contribution in [2.24, 2.45) is 5.73 Å². The summed E-state index contributed by atoms with van der Waals surface area (Å²) in [7, 11) is 0. The molecule has 100 valence electrons. The lowest BCUT2D eigenvalue weighted by molar-refractivity contribution is 0.276. The van der Waals surface area contributed by atoms with Crippen LogP contribution >= 0.6 is 11.3 Å². The van der Waals surface area contributed by atoms with Crippen molar-refractivity contribution in [1.82, 2.24) is 9.88 Å². The standard InChI is InChI=1S/C14H23N3S/c15-9-12-14(11-5-6-11)16-13(18-12)10-17-7-3-1-2-4-8-17/h11H,1-10,15H2. The molecule has 2 aliphatic rings. The third kappa shape index (κ3) is 2.92. The molecule has 0 radical (unpaired) electrons. The third-order valence-corrected chi connectivity index (χ3v) is 5.06. The second kappa shape index (κ2) is 5.68. The molecule has 1 aromatic rings. The fraction of sp³-hybridized carbons (Fsp3) is 0.786. The van der Waals surface area contributed by atoms with Crippen LogP contribution in [-0.4, -0.2) is 23.0 Å². The average Bonchev–Trinajstić information content (AvgIpc) is 3.17. The van der Waals surface area contributed by atoms with Gasteiger partial charge in [0.15, 0.2) is 0 Å². The van der Waals surface area contributed by atoms with Gasteiger partial charge in [0.05, 0.1) is 12.2 Å². The van der Waals surface area contributed by atoms with Crippen LogP contribution in [0.1, 0.15) is 60.0 Å². The first kappa shape index (κ1) is 12.6. The monoisotopic (exact) mass is 265 g/mol. The zero-order valence-corrected chi connectivity index (χ0v) is 11.8. The van der Waals surface area contributed by atoms with E-state index in [0.717, 1.165) is 12.5 Å². The van der Waals surface area contributed by atoms with Crippen molar-refractivity contribution in [1.29, 1.82) is 0 Å². The van der Waals surface area contributed by atoms with E-state index in [1.54, 1.807) is 0 Å². The molecule has 2 fully saturated rings. The van der Waals surface area contributed by atoms with Crippen LogP contribution in [0.3, 0.4) is 0 Å². The average molecular weight is 265 g/mol. The molecule has 0 bridgehead atoms. The normalized spacial score (nSPS) is 22.1. The van der Waals surface area contributed by atoms with Gasteiger partial charge in [-0.2, -0.15) is 0 Å². The number of hydrogen-bond acceptors (Lipinski definition) is 4. The van der Waals surface area contributed by atoms with Crippen molar-refractivity contribution in [3.63, 3.8) is 0 Å². The van der Waals surface area contributed by atoms with Gasteiger partial charge in [-0.1, -0.05) is 12.8 Å². The zero-order chi connectivity index (χ0) is 12.4. The number of rotatable bonds is 4. The maximum Gasteiger partial charge on any atom is 0.107 e. The Balaban J connectivity index is 1.67. The zero-order valence-electron chi connectivity index (χ0n) is 11.0. The first-order chi connectivity index (χ1) is 8.86. The molecule has 18 heavy (non-hydrogen) atoms. The van der Waals surface area contributed by atoms with E-state index in [-0.39, 0.29) is 0 Å². The molecule has 3 rings (SSSR count). The Morgan fingerprint density at radius 2 is 1.89 bits per heavy atom. The van der Waals surface area contributed by atoms with Gasteiger partial charge in [-0.3, -0.25) is 4.90 Å². The maximum atomic E-state index is 5.84. The third-order valence-electron chi connectivity index (χ3n) is 3.98. The van der Waals surface area contributed by atoms with Gasteiger partial charge in [-0.25, -0.2) is 4.98 Å². The minimum absolute atomic E-state index is 0.670. The van der Waals surface area contributed by atoms with Gasteiger partial charge in [0.25, 0.3) is 0 Å². The Hall–Kier alpha value is -0.450. The highest BCUT2D eigenvalue weighted by molar-refractivity contribution is 7.11. The van der Waals surface area contributed by atoms with Crippen LogP contribution in [0.15, 0.2) is 0 Å². The minimum Gasteiger partial charge on any atom is -0.326 e. The van der Waals surface area contributed by atoms with Crippen LogP contribution in [0.5, 0.6) is 0 Å². The fourth-order valence-corrected chi connectivity index (χ4v) is 3.86. The largest absolute Gasteiger partial charge is 0.326 e. The van der Waals surface area contributed by atoms with Crippen molar-refractivity contribution in [3.05, 3.63) is 15.6 Å². The summed E-state index contributed by atoms with van der Waals surface area (Å²) < 4.78 is 0. The van der Waals surface area contributed by atoms with E-state index < -0.39 is 0 Å². The lowest BCUT2D eigenvalue weighted by Gasteiger charge is -2.17. The van der Waals surface area contributed by atoms with Crippen molar-refractivity contribution in [3.8, 4) is 0 Å². The molecule has 2 N–H and O–H groups in total. The van der Waals surface area contributed by atoms with Crippen LogP contribution in [-0.2, 0) is 13.1 Å². The number of nitrogens with zero attached hydrogens (tertiary/aromatic N) is 2. The van der Waals surface area contributed by atoms with Crippen LogP contribution in [0.4, 0.5) is 0 Å². The molecule has 0 atom stereocenters. The Morgan fingerprint density at radius 3 is 2.50 bits per heavy atom. The SMILES string of the molecule is NCc1sc(CN2CCCCCC2)nc1C1CC1. The molecule has 4 heteroatoms. The second-order valence-electron chi connectivity index (χ2n) is 5.58. The first-order valence-corrected chi connectivity index (χ1v) is 8.09. The summed E-state index contributed by atoms with van der Waals surface area (Å²) in [6, 6.07) is 0. The fourth-order valence-electron chi connectivity index (χ4n) is 2.79. The van der Waals surface area contributed by atoms with Crippen molar-refractivity contribution in [2.75, 3.05) is 13.1 Å². The molecule has 3 nitrogen and oxygen atoms in total. The van der Waals surface area contributed by atoms with Crippen molar-refractivity contribution < 1.29 is 0 Å². The highest BCUT2D eigenvalue weighted by Gasteiger charge is 2.29. The minimum atomic E-state index is 0.670. The molecule has 1 aromatic heterocycles. The number of thiazole rings is 1. The second-order valence-corrected chi connectivity index (χ2v) is 6.75. The number of aromatic nitrogens is 1. The molecule has 0 aromatic carbocycles. The van der Waals surface area contributed by atoms with E-state index in [2.05, 4.69) is 4.90 Å². The van der Waals surface area contributed by atoms with Crippen LogP contribution < -0.4 is 5.73 Å². The quantitative estimate of drug-likeness (QED) is 0.910. The van der Waals surface area contributed by atoms with Crippen LogP contribution in [0, 0.1) is 0 Å². The predicted molar refractivity (Wildman–Crippen MR) is 75.7 cm³/mol. The van der Waals surface area contributed by atoms with E-state index in [4.69, 9.17) is 10.7 Å². The number of hydrogen-bond donors (Lipinski definition) is 1. The van der Waals surface area contributed by atoms with Crippen LogP contribution in [0.2, 0.25) is 0 Å². The summed E-state index contributed by atoms with van der Waals surface area (Å²) in [6.45, 7) is 4.21. The Kier molecular flexibility index (Phi) is 3.97. The van der Waals surface area contributed by atoms with E-state index >= 15 is 0 Å². The molecule has 1 aliphatic heterocycles. The lowest BCUT2D eigenvalue weighted by atomic mass is 10.2. The number of likely N-dealkylation sites (tertiary alicyclic amines) is 1. The summed E-state index contributed by atoms with van der Waals surface area (Å²) >= 11 is 1.85. The highest BCUT2D eigenvalue weighted by atomic mass is 32.1. The Labute approximate surface area is 113 Å². The van der Waals surface area contributed by atoms with Gasteiger partial charge in [0.2, 0.25) is 0 Å². The number of nitrogens with two attached hydrogens (primary N) is 1. The van der Waals surface area contributed by atoms with Gasteiger partial charge in [-0.15, -0.1) is 11.3 Å². The van der Waals surface area contributed by atoms with Crippen LogP contribution in [0.25, 0.3) is 0 Å². The maximum absolute atomic E-state index is 5.84. The predicted octanol–water partition coefficient (Wildman–Crippen LogP) is 2.86. The topological polar surface area (TPSA) is 42.1 Å². The summed E-state index contributed by atoms with van der Waals surface area (Å²) in [5, 5.41) is 1.29. The van der Waals surface area contributed by atoms with Crippen molar-refractivity contribution in [2.45, 2.75) is 57.5 Å². The molecule has 0 amide bonds. The van der Waals surface area contributed by atoms with Gasteiger partial charge in [0.1, 0.15) is 5.01 Å². The molecule has 1 saturated heterocycles. The van der Waals surface area contributed by atoms with Gasteiger partial charge < -0.3 is 5.73 Å². The lowest BCUT2D eigenvalue weighted by Crippen LogP contribution is -2.23. The molecular formula is C14H23N3S. The molecule has 1 aliphatic carbocycles. The molecule has 0 unspecified atom stereocenters. The summed E-state index contributed by atoms with van der Waals surface area (Å²) in [6.07, 6.45) is 8.14. The summed E-state index contributed by atoms with van der Waals surface area (Å²) in [5.74, 6) is 0.734. The van der Waals surface area contributed by atoms with Gasteiger partial charge >= 0.3 is 0 Å². The molecular weight excluding hydrogens is 242 g/mol. The summed E-state index contributed by atoms with van der Waals surface area (Å²) in [5.41, 5.74) is 7.17. The molecule has 0 spiro atoms. The Bertz CT molecular complexity index is 390. The van der Waals surface area contributed by atoms with E-state index in [0.29, 0.717) is 6.54 Å². The van der Waals surface area contributed by atoms with E-state index in [1.165, 1.54) is 67.2 Å². The molecule has 2 heterocycles.